The van der Waals surface area contributed by atoms with Gasteiger partial charge in [-0.15, -0.1) is 0 Å². The fourth-order valence-electron chi connectivity index (χ4n) is 2.71. The van der Waals surface area contributed by atoms with Gasteiger partial charge >= 0.3 is 12.1 Å². The summed E-state index contributed by atoms with van der Waals surface area (Å²) in [7, 11) is 1.70. The van der Waals surface area contributed by atoms with E-state index in [0.29, 0.717) is 41.1 Å². The third kappa shape index (κ3) is 9.23. The molecule has 0 bridgehead atoms. The van der Waals surface area contributed by atoms with Crippen LogP contribution in [-0.2, 0) is 4.74 Å². The summed E-state index contributed by atoms with van der Waals surface area (Å²) in [6.07, 6.45) is 0.313. The zero-order valence-corrected chi connectivity index (χ0v) is 21.8. The average molecular weight is 511 g/mol. The summed E-state index contributed by atoms with van der Waals surface area (Å²) in [5.41, 5.74) is 0.723. The molecule has 11 heteroatoms. The van der Waals surface area contributed by atoms with Gasteiger partial charge in [0.1, 0.15) is 11.4 Å². The number of ether oxygens (including phenoxy) is 1. The molecule has 2 aromatic rings. The van der Waals surface area contributed by atoms with Crippen LogP contribution in [0, 0.1) is 0 Å². The van der Waals surface area contributed by atoms with Crippen molar-refractivity contribution in [3.8, 4) is 0 Å². The van der Waals surface area contributed by atoms with E-state index in [1.807, 2.05) is 40.7 Å². The second-order valence-corrected chi connectivity index (χ2v) is 9.86. The third-order valence-electron chi connectivity index (χ3n) is 4.42. The van der Waals surface area contributed by atoms with E-state index in [2.05, 4.69) is 25.9 Å². The smallest absolute Gasteiger partial charge is 0.410 e. The van der Waals surface area contributed by atoms with Gasteiger partial charge in [-0.1, -0.05) is 37.0 Å². The Kier molecular flexibility index (Phi) is 9.76. The second kappa shape index (κ2) is 12.1. The Labute approximate surface area is 210 Å². The summed E-state index contributed by atoms with van der Waals surface area (Å²) in [4.78, 5) is 34.8. The maximum atomic E-state index is 12.4. The largest absolute Gasteiger partial charge is 0.444 e. The zero-order chi connectivity index (χ0) is 25.5. The highest BCUT2D eigenvalue weighted by atomic mass is 35.5. The molecule has 0 aliphatic heterocycles. The number of carbonyl (C=O) groups is 2. The van der Waals surface area contributed by atoms with Crippen molar-refractivity contribution in [2.75, 3.05) is 36.1 Å². The lowest BCUT2D eigenvalue weighted by Crippen LogP contribution is -2.35. The Morgan fingerprint density at radius 2 is 1.79 bits per heavy atom. The van der Waals surface area contributed by atoms with Crippen molar-refractivity contribution in [1.82, 2.24) is 14.9 Å². The van der Waals surface area contributed by atoms with Gasteiger partial charge in [0.15, 0.2) is 0 Å². The van der Waals surface area contributed by atoms with E-state index in [4.69, 9.17) is 27.9 Å². The molecule has 3 amide bonds. The summed E-state index contributed by atoms with van der Waals surface area (Å²) >= 11 is 11.9. The van der Waals surface area contributed by atoms with Gasteiger partial charge in [0.2, 0.25) is 5.95 Å². The van der Waals surface area contributed by atoms with E-state index in [9.17, 15) is 9.59 Å². The van der Waals surface area contributed by atoms with Crippen molar-refractivity contribution < 1.29 is 14.3 Å². The highest BCUT2D eigenvalue weighted by Crippen LogP contribution is 2.25. The summed E-state index contributed by atoms with van der Waals surface area (Å²) in [5.74, 6) is 0.862. The minimum atomic E-state index is -0.534. The second-order valence-electron chi connectivity index (χ2n) is 9.05. The van der Waals surface area contributed by atoms with Gasteiger partial charge in [-0.2, -0.15) is 4.98 Å². The molecule has 0 unspecified atom stereocenters. The maximum Gasteiger partial charge on any atom is 0.410 e. The number of hydrogen-bond donors (Lipinski definition) is 3. The first-order chi connectivity index (χ1) is 15.8. The van der Waals surface area contributed by atoms with Crippen molar-refractivity contribution in [2.24, 2.45) is 0 Å². The van der Waals surface area contributed by atoms with E-state index >= 15 is 0 Å². The topological polar surface area (TPSA) is 108 Å². The Balaban J connectivity index is 1.96. The molecule has 0 fully saturated rings. The van der Waals surface area contributed by atoms with Crippen LogP contribution >= 0.6 is 23.2 Å². The lowest BCUT2D eigenvalue weighted by atomic mass is 10.1. The van der Waals surface area contributed by atoms with Crippen LogP contribution in [0.4, 0.5) is 27.0 Å². The first-order valence-corrected chi connectivity index (χ1v) is 11.7. The molecular weight excluding hydrogens is 479 g/mol. The maximum absolute atomic E-state index is 12.4. The van der Waals surface area contributed by atoms with E-state index in [1.54, 1.807) is 25.2 Å². The van der Waals surface area contributed by atoms with Gasteiger partial charge in [0.25, 0.3) is 0 Å². The van der Waals surface area contributed by atoms with Crippen LogP contribution in [0.1, 0.15) is 52.7 Å². The molecule has 1 aromatic heterocycles. The molecule has 1 heterocycles. The number of halogens is 2. The highest BCUT2D eigenvalue weighted by Gasteiger charge is 2.19. The van der Waals surface area contributed by atoms with E-state index in [0.717, 1.165) is 5.69 Å². The molecule has 3 N–H and O–H groups in total. The molecule has 0 aliphatic carbocycles. The number of nitrogens with one attached hydrogen (secondary N) is 3. The van der Waals surface area contributed by atoms with Crippen LogP contribution in [0.15, 0.2) is 24.3 Å². The van der Waals surface area contributed by atoms with Crippen molar-refractivity contribution in [1.29, 1.82) is 0 Å². The van der Waals surface area contributed by atoms with Gasteiger partial charge in [0, 0.05) is 31.9 Å². The monoisotopic (exact) mass is 510 g/mol. The first-order valence-electron chi connectivity index (χ1n) is 10.9. The quantitative estimate of drug-likeness (QED) is 0.363. The van der Waals surface area contributed by atoms with Crippen LogP contribution in [0.3, 0.4) is 0 Å². The number of rotatable bonds is 8. The van der Waals surface area contributed by atoms with E-state index in [1.165, 1.54) is 4.90 Å². The number of carbonyl (C=O) groups excluding carboxylic acids is 2. The van der Waals surface area contributed by atoms with E-state index < -0.39 is 11.6 Å². The number of hydrogen-bond acceptors (Lipinski definition) is 6. The average Bonchev–Trinajstić information content (AvgIpc) is 2.72. The molecular formula is C23H32Cl2N6O3. The van der Waals surface area contributed by atoms with Crippen LogP contribution in [0.5, 0.6) is 0 Å². The van der Waals surface area contributed by atoms with Gasteiger partial charge in [-0.3, -0.25) is 5.32 Å². The standard InChI is InChI=1S/C23H32Cl2N6O3/c1-14(2)18-13-19(26-10-7-11-31(6)22(33)34-23(3,4)5)29-20(28-18)30-21(32)27-15-8-9-16(24)17(25)12-15/h8-9,12-14H,7,10-11H2,1-6H3,(H3,26,27,28,29,30,32). The van der Waals surface area contributed by atoms with Gasteiger partial charge in [0.05, 0.1) is 15.7 Å². The Hall–Kier alpha value is -2.78. The Morgan fingerprint density at radius 1 is 1.09 bits per heavy atom. The molecule has 186 valence electrons. The van der Waals surface area contributed by atoms with Crippen LogP contribution in [-0.4, -0.2) is 52.7 Å². The summed E-state index contributed by atoms with van der Waals surface area (Å²) in [6.45, 7) is 10.6. The Bertz CT molecular complexity index is 1010. The van der Waals surface area contributed by atoms with Crippen LogP contribution < -0.4 is 16.0 Å². The molecule has 0 atom stereocenters. The fourth-order valence-corrected chi connectivity index (χ4v) is 3.01. The number of amides is 3. The SMILES string of the molecule is CC(C)c1cc(NCCCN(C)C(=O)OC(C)(C)C)nc(NC(=O)Nc2ccc(Cl)c(Cl)c2)n1. The van der Waals surface area contributed by atoms with E-state index in [-0.39, 0.29) is 18.0 Å². The molecule has 0 saturated carbocycles. The molecule has 0 radical (unpaired) electrons. The predicted molar refractivity (Wildman–Crippen MR) is 137 cm³/mol. The first kappa shape index (κ1) is 27.5. The molecule has 0 saturated heterocycles. The molecule has 1 aromatic carbocycles. The number of benzene rings is 1. The number of anilines is 3. The molecule has 34 heavy (non-hydrogen) atoms. The van der Waals surface area contributed by atoms with Crippen molar-refractivity contribution in [3.63, 3.8) is 0 Å². The van der Waals surface area contributed by atoms with Crippen molar-refractivity contribution in [3.05, 3.63) is 40.0 Å². The summed E-state index contributed by atoms with van der Waals surface area (Å²) in [6, 6.07) is 6.11. The Morgan fingerprint density at radius 3 is 2.41 bits per heavy atom. The predicted octanol–water partition coefficient (Wildman–Crippen LogP) is 6.22. The van der Waals surface area contributed by atoms with Crippen LogP contribution in [0.2, 0.25) is 10.0 Å². The van der Waals surface area contributed by atoms with Crippen molar-refractivity contribution >= 4 is 52.8 Å². The van der Waals surface area contributed by atoms with Gasteiger partial charge < -0.3 is 20.3 Å². The number of urea groups is 1. The van der Waals surface area contributed by atoms with Crippen LogP contribution in [0.25, 0.3) is 0 Å². The number of nitrogens with zero attached hydrogens (tertiary/aromatic N) is 3. The molecule has 0 spiro atoms. The minimum absolute atomic E-state index is 0.125. The fraction of sp³-hybridized carbons (Fsp3) is 0.478. The highest BCUT2D eigenvalue weighted by molar-refractivity contribution is 6.42. The van der Waals surface area contributed by atoms with Gasteiger partial charge in [-0.25, -0.2) is 14.6 Å². The molecule has 0 aliphatic rings. The lowest BCUT2D eigenvalue weighted by Gasteiger charge is -2.24. The minimum Gasteiger partial charge on any atom is -0.444 e. The summed E-state index contributed by atoms with van der Waals surface area (Å²) < 4.78 is 5.35. The number of aromatic nitrogens is 2. The molecule has 9 nitrogen and oxygen atoms in total. The van der Waals surface area contributed by atoms with Gasteiger partial charge in [-0.05, 0) is 51.3 Å². The normalized spacial score (nSPS) is 11.2. The summed E-state index contributed by atoms with van der Waals surface area (Å²) in [5, 5.41) is 9.28. The zero-order valence-electron chi connectivity index (χ0n) is 20.3. The lowest BCUT2D eigenvalue weighted by molar-refractivity contribution is 0.0298. The molecule has 2 rings (SSSR count). The van der Waals surface area contributed by atoms with Crippen molar-refractivity contribution in [2.45, 2.75) is 52.6 Å². The third-order valence-corrected chi connectivity index (χ3v) is 5.16.